The summed E-state index contributed by atoms with van der Waals surface area (Å²) in [6.45, 7) is 4.01. The summed E-state index contributed by atoms with van der Waals surface area (Å²) in [7, 11) is 0. The number of hydrogen-bond acceptors (Lipinski definition) is 3. The molecule has 0 bridgehead atoms. The summed E-state index contributed by atoms with van der Waals surface area (Å²) >= 11 is 0. The molecule has 4 heteroatoms. The molecule has 2 heterocycles. The van der Waals surface area contributed by atoms with Gasteiger partial charge in [0.1, 0.15) is 12.3 Å². The number of likely N-dealkylation sites (tertiary alicyclic amines) is 1. The highest BCUT2D eigenvalue weighted by molar-refractivity contribution is 5.95. The molecule has 1 aliphatic rings. The summed E-state index contributed by atoms with van der Waals surface area (Å²) in [6.07, 6.45) is 3.66. The minimum absolute atomic E-state index is 0.205. The number of rotatable bonds is 3. The van der Waals surface area contributed by atoms with Crippen LogP contribution in [0.25, 0.3) is 22.1 Å². The van der Waals surface area contributed by atoms with Crippen LogP contribution in [0.1, 0.15) is 31.7 Å². The highest BCUT2D eigenvalue weighted by Gasteiger charge is 2.25. The molecule has 0 saturated carbocycles. The molecule has 3 aromatic rings. The van der Waals surface area contributed by atoms with Gasteiger partial charge in [0.15, 0.2) is 5.58 Å². The first-order chi connectivity index (χ1) is 12.6. The van der Waals surface area contributed by atoms with Gasteiger partial charge in [0.25, 0.3) is 0 Å². The van der Waals surface area contributed by atoms with E-state index in [1.165, 1.54) is 30.2 Å². The molecule has 0 amide bonds. The number of aromatic hydroxyl groups is 1. The maximum atomic E-state index is 12.2. The zero-order valence-electron chi connectivity index (χ0n) is 15.0. The highest BCUT2D eigenvalue weighted by atomic mass is 16.4. The summed E-state index contributed by atoms with van der Waals surface area (Å²) in [4.78, 5) is 13.7. The van der Waals surface area contributed by atoms with Crippen molar-refractivity contribution >= 4 is 11.0 Å². The number of phenols is 1. The van der Waals surface area contributed by atoms with Gasteiger partial charge in [-0.2, -0.15) is 0 Å². The van der Waals surface area contributed by atoms with Gasteiger partial charge in [-0.3, -0.25) is 0 Å². The van der Waals surface area contributed by atoms with Crippen LogP contribution >= 0.6 is 0 Å². The topological polar surface area (TPSA) is 54.9 Å². The van der Waals surface area contributed by atoms with Gasteiger partial charge in [-0.1, -0.05) is 30.3 Å². The van der Waals surface area contributed by atoms with Crippen molar-refractivity contribution in [3.05, 3.63) is 64.5 Å². The van der Waals surface area contributed by atoms with Gasteiger partial charge in [0.2, 0.25) is 0 Å². The highest BCUT2D eigenvalue weighted by Crippen LogP contribution is 2.32. The van der Waals surface area contributed by atoms with Gasteiger partial charge in [-0.15, -0.1) is 0 Å². The van der Waals surface area contributed by atoms with Crippen molar-refractivity contribution in [1.82, 2.24) is 0 Å². The fraction of sp³-hybridized carbons (Fsp3) is 0.318. The van der Waals surface area contributed by atoms with Crippen LogP contribution in [0.2, 0.25) is 0 Å². The van der Waals surface area contributed by atoms with Crippen LogP contribution in [-0.4, -0.2) is 17.7 Å². The van der Waals surface area contributed by atoms with Crippen molar-refractivity contribution < 1.29 is 14.4 Å². The minimum atomic E-state index is -0.384. The van der Waals surface area contributed by atoms with Gasteiger partial charge in [0, 0.05) is 11.5 Å². The number of quaternary nitrogens is 1. The molecule has 1 saturated heterocycles. The van der Waals surface area contributed by atoms with E-state index in [4.69, 9.17) is 4.42 Å². The Balaban J connectivity index is 1.87. The van der Waals surface area contributed by atoms with Gasteiger partial charge >= 0.3 is 5.63 Å². The van der Waals surface area contributed by atoms with Gasteiger partial charge in [-0.25, -0.2) is 4.79 Å². The molecule has 134 valence electrons. The van der Waals surface area contributed by atoms with E-state index >= 15 is 0 Å². The minimum Gasteiger partial charge on any atom is -0.507 e. The van der Waals surface area contributed by atoms with E-state index in [1.54, 1.807) is 6.07 Å². The molecule has 1 aliphatic heterocycles. The van der Waals surface area contributed by atoms with Crippen molar-refractivity contribution in [3.8, 4) is 16.9 Å². The van der Waals surface area contributed by atoms with Crippen LogP contribution < -0.4 is 10.5 Å². The molecule has 2 aromatic carbocycles. The Hall–Kier alpha value is -2.59. The Morgan fingerprint density at radius 1 is 1.15 bits per heavy atom. The number of benzene rings is 2. The van der Waals surface area contributed by atoms with E-state index < -0.39 is 0 Å². The summed E-state index contributed by atoms with van der Waals surface area (Å²) in [5.74, 6) is 0.205. The quantitative estimate of drug-likeness (QED) is 0.714. The van der Waals surface area contributed by atoms with E-state index in [0.29, 0.717) is 18.2 Å². The zero-order chi connectivity index (χ0) is 18.1. The van der Waals surface area contributed by atoms with Crippen molar-refractivity contribution in [2.75, 3.05) is 6.54 Å². The molecule has 26 heavy (non-hydrogen) atoms. The Kier molecular flexibility index (Phi) is 4.51. The molecule has 0 spiro atoms. The molecular weight excluding hydrogens is 326 g/mol. The van der Waals surface area contributed by atoms with Gasteiger partial charge in [-0.05, 0) is 49.4 Å². The molecule has 2 N–H and O–H groups in total. The monoisotopic (exact) mass is 350 g/mol. The van der Waals surface area contributed by atoms with Gasteiger partial charge in [0.05, 0.1) is 18.2 Å². The van der Waals surface area contributed by atoms with Crippen molar-refractivity contribution in [3.63, 3.8) is 0 Å². The fourth-order valence-corrected chi connectivity index (χ4v) is 4.04. The van der Waals surface area contributed by atoms with Gasteiger partial charge < -0.3 is 14.4 Å². The third kappa shape index (κ3) is 3.13. The second kappa shape index (κ2) is 6.96. The molecule has 4 rings (SSSR count). The third-order valence-corrected chi connectivity index (χ3v) is 5.56. The predicted molar refractivity (Wildman–Crippen MR) is 102 cm³/mol. The fourth-order valence-electron chi connectivity index (χ4n) is 4.04. The van der Waals surface area contributed by atoms with Crippen LogP contribution in [0.4, 0.5) is 0 Å². The lowest BCUT2D eigenvalue weighted by Crippen LogP contribution is -3.14. The maximum absolute atomic E-state index is 12.2. The number of fused-ring (bicyclic) bond motifs is 1. The molecule has 1 aromatic heterocycles. The Morgan fingerprint density at radius 2 is 1.96 bits per heavy atom. The first kappa shape index (κ1) is 16.9. The maximum Gasteiger partial charge on any atom is 0.336 e. The lowest BCUT2D eigenvalue weighted by molar-refractivity contribution is -0.941. The number of piperidine rings is 1. The summed E-state index contributed by atoms with van der Waals surface area (Å²) < 4.78 is 5.58. The average molecular weight is 350 g/mol. The van der Waals surface area contributed by atoms with E-state index in [-0.39, 0.29) is 11.4 Å². The molecule has 0 aliphatic carbocycles. The molecular formula is C22H24NO3+. The normalized spacial score (nSPS) is 20.3. The lowest BCUT2D eigenvalue weighted by Gasteiger charge is -2.30. The molecule has 1 fully saturated rings. The van der Waals surface area contributed by atoms with Crippen LogP contribution in [0.3, 0.4) is 0 Å². The summed E-state index contributed by atoms with van der Waals surface area (Å²) in [5, 5.41) is 11.4. The number of hydrogen-bond donors (Lipinski definition) is 2. The van der Waals surface area contributed by atoms with E-state index in [0.717, 1.165) is 28.6 Å². The first-order valence-corrected chi connectivity index (χ1v) is 9.32. The zero-order valence-corrected chi connectivity index (χ0v) is 15.0. The lowest BCUT2D eigenvalue weighted by atomic mass is 9.98. The molecule has 4 nitrogen and oxygen atoms in total. The average Bonchev–Trinajstić information content (AvgIpc) is 2.66. The summed E-state index contributed by atoms with van der Waals surface area (Å²) in [6, 6.07) is 15.5. The standard InChI is InChI=1S/C22H23NO3/c1-15-7-5-6-12-23(15)14-19-20(24)11-10-17-18(13-21(25)26-22(17)19)16-8-3-2-4-9-16/h2-4,8-11,13,15,24H,5-7,12,14H2,1H3/p+1/t15-/m0/s1. The molecule has 2 atom stereocenters. The predicted octanol–water partition coefficient (Wildman–Crippen LogP) is 3.12. The van der Waals surface area contributed by atoms with E-state index in [2.05, 4.69) is 6.92 Å². The van der Waals surface area contributed by atoms with Crippen LogP contribution in [0.15, 0.2) is 57.7 Å². The number of phenolic OH excluding ortho intramolecular Hbond substituents is 1. The van der Waals surface area contributed by atoms with Crippen molar-refractivity contribution in [2.45, 2.75) is 38.8 Å². The Morgan fingerprint density at radius 3 is 2.73 bits per heavy atom. The van der Waals surface area contributed by atoms with Crippen molar-refractivity contribution in [2.24, 2.45) is 0 Å². The third-order valence-electron chi connectivity index (χ3n) is 5.56. The summed E-state index contributed by atoms with van der Waals surface area (Å²) in [5.41, 5.74) is 2.69. The first-order valence-electron chi connectivity index (χ1n) is 9.32. The van der Waals surface area contributed by atoms with E-state index in [1.807, 2.05) is 36.4 Å². The Bertz CT molecular complexity index is 978. The smallest absolute Gasteiger partial charge is 0.336 e. The second-order valence-electron chi connectivity index (χ2n) is 7.27. The number of nitrogens with one attached hydrogen (secondary N) is 1. The largest absolute Gasteiger partial charge is 0.507 e. The van der Waals surface area contributed by atoms with Crippen molar-refractivity contribution in [1.29, 1.82) is 0 Å². The van der Waals surface area contributed by atoms with Crippen LogP contribution in [-0.2, 0) is 6.54 Å². The molecule has 1 unspecified atom stereocenters. The van der Waals surface area contributed by atoms with Crippen LogP contribution in [0, 0.1) is 0 Å². The Labute approximate surface area is 152 Å². The SMILES string of the molecule is C[C@H]1CCCC[NH+]1Cc1c(O)ccc2c(-c3ccccc3)cc(=O)oc12. The second-order valence-corrected chi connectivity index (χ2v) is 7.27. The van der Waals surface area contributed by atoms with Crippen LogP contribution in [0.5, 0.6) is 5.75 Å². The van der Waals surface area contributed by atoms with E-state index in [9.17, 15) is 9.90 Å². The molecule has 0 radical (unpaired) electrons.